The minimum Gasteiger partial charge on any atom is -0.307 e. The van der Waals surface area contributed by atoms with Gasteiger partial charge in [-0.25, -0.2) is 14.1 Å². The van der Waals surface area contributed by atoms with E-state index in [1.54, 1.807) is 17.4 Å². The van der Waals surface area contributed by atoms with Crippen LogP contribution in [0.4, 0.5) is 14.9 Å². The maximum atomic E-state index is 13.9. The van der Waals surface area contributed by atoms with Gasteiger partial charge in [0.05, 0.1) is 5.69 Å². The first kappa shape index (κ1) is 12.5. The lowest BCUT2D eigenvalue weighted by Crippen LogP contribution is -2.36. The highest BCUT2D eigenvalue weighted by molar-refractivity contribution is 7.10. The summed E-state index contributed by atoms with van der Waals surface area (Å²) in [6.45, 7) is 0.494. The largest absolute Gasteiger partial charge is 0.332 e. The Morgan fingerprint density at radius 1 is 1.19 bits per heavy atom. The second kappa shape index (κ2) is 4.39. The molecule has 4 nitrogen and oxygen atoms in total. The van der Waals surface area contributed by atoms with E-state index in [0.29, 0.717) is 6.54 Å². The molecule has 0 aliphatic carbocycles. The smallest absolute Gasteiger partial charge is 0.307 e. The number of urea groups is 1. The van der Waals surface area contributed by atoms with Crippen molar-refractivity contribution >= 4 is 29.0 Å². The number of carbonyl (C=O) groups excluding carboxylic acids is 2. The fourth-order valence-electron chi connectivity index (χ4n) is 2.99. The second-order valence-electron chi connectivity index (χ2n) is 5.05. The first-order valence-electron chi connectivity index (χ1n) is 6.64. The Hall–Kier alpha value is -2.21. The molecule has 0 spiro atoms. The third-order valence-corrected chi connectivity index (χ3v) is 4.95. The van der Waals surface area contributed by atoms with Gasteiger partial charge in [-0.1, -0.05) is 12.1 Å². The number of amides is 3. The lowest BCUT2D eigenvalue weighted by molar-refractivity contribution is -0.120. The van der Waals surface area contributed by atoms with E-state index in [-0.39, 0.29) is 11.6 Å². The summed E-state index contributed by atoms with van der Waals surface area (Å²) in [4.78, 5) is 28.8. The Labute approximate surface area is 124 Å². The van der Waals surface area contributed by atoms with Crippen molar-refractivity contribution in [2.45, 2.75) is 12.5 Å². The molecule has 1 fully saturated rings. The van der Waals surface area contributed by atoms with Crippen LogP contribution in [-0.2, 0) is 11.2 Å². The van der Waals surface area contributed by atoms with E-state index in [2.05, 4.69) is 0 Å². The maximum Gasteiger partial charge on any atom is 0.332 e. The standard InChI is InChI=1S/C15H11FN2O2S/c16-10-3-1-2-4-11(10)18-14(19)13-9-6-8-21-12(9)5-7-17(13)15(18)20/h1-4,6,8,13H,5,7H2. The predicted molar refractivity (Wildman–Crippen MR) is 76.8 cm³/mol. The molecular weight excluding hydrogens is 291 g/mol. The topological polar surface area (TPSA) is 40.6 Å². The fourth-order valence-corrected chi connectivity index (χ4v) is 3.89. The van der Waals surface area contributed by atoms with Crippen molar-refractivity contribution in [1.29, 1.82) is 0 Å². The first-order valence-corrected chi connectivity index (χ1v) is 7.52. The number of nitrogens with zero attached hydrogens (tertiary/aromatic N) is 2. The van der Waals surface area contributed by atoms with Gasteiger partial charge >= 0.3 is 6.03 Å². The van der Waals surface area contributed by atoms with Crippen molar-refractivity contribution < 1.29 is 14.0 Å². The second-order valence-corrected chi connectivity index (χ2v) is 6.05. The highest BCUT2D eigenvalue weighted by atomic mass is 32.1. The van der Waals surface area contributed by atoms with Gasteiger partial charge in [-0.05, 0) is 35.6 Å². The minimum atomic E-state index is -0.605. The number of carbonyl (C=O) groups is 2. The van der Waals surface area contributed by atoms with E-state index >= 15 is 0 Å². The number of para-hydroxylation sites is 1. The van der Waals surface area contributed by atoms with Crippen LogP contribution in [-0.4, -0.2) is 23.4 Å². The molecule has 3 amide bonds. The molecule has 2 aliphatic rings. The van der Waals surface area contributed by atoms with Crippen LogP contribution < -0.4 is 4.90 Å². The Morgan fingerprint density at radius 3 is 2.81 bits per heavy atom. The summed E-state index contributed by atoms with van der Waals surface area (Å²) in [5.74, 6) is -0.936. The molecule has 0 bridgehead atoms. The molecule has 106 valence electrons. The summed E-state index contributed by atoms with van der Waals surface area (Å²) in [5, 5.41) is 1.93. The van der Waals surface area contributed by atoms with Crippen LogP contribution in [0.3, 0.4) is 0 Å². The molecular formula is C15H11FN2O2S. The molecule has 2 aliphatic heterocycles. The number of halogens is 1. The number of benzene rings is 1. The summed E-state index contributed by atoms with van der Waals surface area (Å²) in [5.41, 5.74) is 0.905. The zero-order valence-corrected chi connectivity index (χ0v) is 11.8. The van der Waals surface area contributed by atoms with Crippen LogP contribution in [0.25, 0.3) is 0 Å². The molecule has 1 atom stereocenters. The van der Waals surface area contributed by atoms with Gasteiger partial charge in [0.2, 0.25) is 0 Å². The Morgan fingerprint density at radius 2 is 2.00 bits per heavy atom. The van der Waals surface area contributed by atoms with Crippen molar-refractivity contribution in [1.82, 2.24) is 4.90 Å². The molecule has 2 aromatic rings. The third kappa shape index (κ3) is 1.65. The van der Waals surface area contributed by atoms with Crippen molar-refractivity contribution in [3.8, 4) is 0 Å². The zero-order chi connectivity index (χ0) is 14.6. The molecule has 0 radical (unpaired) electrons. The zero-order valence-electron chi connectivity index (χ0n) is 11.0. The summed E-state index contributed by atoms with van der Waals surface area (Å²) in [6, 6.07) is 6.70. The van der Waals surface area contributed by atoms with E-state index in [1.165, 1.54) is 23.1 Å². The van der Waals surface area contributed by atoms with Gasteiger partial charge in [0, 0.05) is 11.4 Å². The highest BCUT2D eigenvalue weighted by Gasteiger charge is 2.49. The van der Waals surface area contributed by atoms with Crippen LogP contribution in [0.15, 0.2) is 35.7 Å². The lowest BCUT2D eigenvalue weighted by Gasteiger charge is -2.26. The maximum absolute atomic E-state index is 13.9. The number of fused-ring (bicyclic) bond motifs is 3. The third-order valence-electron chi connectivity index (χ3n) is 3.95. The molecule has 1 aromatic carbocycles. The quantitative estimate of drug-likeness (QED) is 0.760. The van der Waals surface area contributed by atoms with E-state index < -0.39 is 17.9 Å². The number of thiophene rings is 1. The molecule has 21 heavy (non-hydrogen) atoms. The van der Waals surface area contributed by atoms with Crippen molar-refractivity contribution in [3.05, 3.63) is 52.0 Å². The number of hydrogen-bond acceptors (Lipinski definition) is 3. The Kier molecular flexibility index (Phi) is 2.62. The summed E-state index contributed by atoms with van der Waals surface area (Å²) in [7, 11) is 0. The molecule has 6 heteroatoms. The minimum absolute atomic E-state index is 0.0266. The lowest BCUT2D eigenvalue weighted by atomic mass is 10.0. The number of hydrogen-bond donors (Lipinski definition) is 0. The van der Waals surface area contributed by atoms with Crippen molar-refractivity contribution in [2.75, 3.05) is 11.4 Å². The van der Waals surface area contributed by atoms with E-state index in [9.17, 15) is 14.0 Å². The molecule has 1 aromatic heterocycles. The monoisotopic (exact) mass is 302 g/mol. The average molecular weight is 302 g/mol. The van der Waals surface area contributed by atoms with Gasteiger partial charge in [-0.2, -0.15) is 0 Å². The van der Waals surface area contributed by atoms with E-state index in [4.69, 9.17) is 0 Å². The van der Waals surface area contributed by atoms with Crippen LogP contribution in [0.5, 0.6) is 0 Å². The van der Waals surface area contributed by atoms with Crippen molar-refractivity contribution in [2.24, 2.45) is 0 Å². The summed E-state index contributed by atoms with van der Waals surface area (Å²) < 4.78 is 13.9. The summed E-state index contributed by atoms with van der Waals surface area (Å²) in [6.07, 6.45) is 0.744. The Balaban J connectivity index is 1.82. The van der Waals surface area contributed by atoms with Crippen LogP contribution >= 0.6 is 11.3 Å². The molecule has 4 rings (SSSR count). The van der Waals surface area contributed by atoms with E-state index in [1.807, 2.05) is 11.4 Å². The predicted octanol–water partition coefficient (Wildman–Crippen LogP) is 2.95. The van der Waals surface area contributed by atoms with Gasteiger partial charge in [-0.3, -0.25) is 4.79 Å². The number of imide groups is 1. The van der Waals surface area contributed by atoms with E-state index in [0.717, 1.165) is 21.8 Å². The normalized spacial score (nSPS) is 20.7. The summed E-state index contributed by atoms with van der Waals surface area (Å²) >= 11 is 1.59. The first-order chi connectivity index (χ1) is 10.2. The van der Waals surface area contributed by atoms with Gasteiger partial charge < -0.3 is 4.90 Å². The van der Waals surface area contributed by atoms with Crippen LogP contribution in [0.1, 0.15) is 16.5 Å². The molecule has 1 saturated heterocycles. The average Bonchev–Trinajstić information content (AvgIpc) is 3.04. The molecule has 1 unspecified atom stereocenters. The Bertz CT molecular complexity index is 758. The molecule has 0 saturated carbocycles. The van der Waals surface area contributed by atoms with Gasteiger partial charge in [0.1, 0.15) is 11.9 Å². The van der Waals surface area contributed by atoms with Gasteiger partial charge in [-0.15, -0.1) is 11.3 Å². The molecule has 0 N–H and O–H groups in total. The number of rotatable bonds is 1. The van der Waals surface area contributed by atoms with Crippen molar-refractivity contribution in [3.63, 3.8) is 0 Å². The van der Waals surface area contributed by atoms with Gasteiger partial charge in [0.15, 0.2) is 0 Å². The van der Waals surface area contributed by atoms with Crippen LogP contribution in [0, 0.1) is 5.82 Å². The SMILES string of the molecule is O=C1C2c3ccsc3CCN2C(=O)N1c1ccccc1F. The highest BCUT2D eigenvalue weighted by Crippen LogP contribution is 2.40. The van der Waals surface area contributed by atoms with Gasteiger partial charge in [0.25, 0.3) is 5.91 Å². The fraction of sp³-hybridized carbons (Fsp3) is 0.200. The number of anilines is 1. The van der Waals surface area contributed by atoms with Crippen LogP contribution in [0.2, 0.25) is 0 Å². The molecule has 3 heterocycles.